The Labute approximate surface area is 123 Å². The predicted molar refractivity (Wildman–Crippen MR) is 81.7 cm³/mol. The topological polar surface area (TPSA) is 57.6 Å². The SMILES string of the molecule is Cc1cccc(C)c1C(=O)N(CC(=O)O)c1ccccc1. The molecule has 108 valence electrons. The van der Waals surface area contributed by atoms with Crippen LogP contribution >= 0.6 is 0 Å². The third-order valence-electron chi connectivity index (χ3n) is 3.30. The second kappa shape index (κ2) is 6.22. The molecule has 0 spiro atoms. The number of anilines is 1. The van der Waals surface area contributed by atoms with E-state index in [1.165, 1.54) is 4.90 Å². The van der Waals surface area contributed by atoms with Gasteiger partial charge in [-0.05, 0) is 37.1 Å². The number of amides is 1. The second-order valence-corrected chi connectivity index (χ2v) is 4.89. The van der Waals surface area contributed by atoms with Crippen LogP contribution in [0.3, 0.4) is 0 Å². The Morgan fingerprint density at radius 3 is 2.05 bits per heavy atom. The first-order valence-corrected chi connectivity index (χ1v) is 6.65. The highest BCUT2D eigenvalue weighted by Gasteiger charge is 2.22. The summed E-state index contributed by atoms with van der Waals surface area (Å²) in [5.41, 5.74) is 2.81. The molecule has 1 N–H and O–H groups in total. The molecule has 1 amide bonds. The fourth-order valence-electron chi connectivity index (χ4n) is 2.31. The highest BCUT2D eigenvalue weighted by atomic mass is 16.4. The van der Waals surface area contributed by atoms with E-state index in [1.54, 1.807) is 24.3 Å². The summed E-state index contributed by atoms with van der Waals surface area (Å²) in [4.78, 5) is 25.2. The van der Waals surface area contributed by atoms with Crippen molar-refractivity contribution >= 4 is 17.6 Å². The zero-order valence-corrected chi connectivity index (χ0v) is 12.0. The quantitative estimate of drug-likeness (QED) is 0.938. The van der Waals surface area contributed by atoms with Gasteiger partial charge < -0.3 is 5.11 Å². The zero-order valence-electron chi connectivity index (χ0n) is 12.0. The zero-order chi connectivity index (χ0) is 15.4. The van der Waals surface area contributed by atoms with Crippen molar-refractivity contribution in [2.45, 2.75) is 13.8 Å². The molecular formula is C17H17NO3. The lowest BCUT2D eigenvalue weighted by atomic mass is 10.0. The number of rotatable bonds is 4. The Bertz CT molecular complexity index is 645. The number of para-hydroxylation sites is 1. The molecule has 0 radical (unpaired) electrons. The van der Waals surface area contributed by atoms with Crippen LogP contribution in [0.2, 0.25) is 0 Å². The maximum atomic E-state index is 12.8. The smallest absolute Gasteiger partial charge is 0.323 e. The van der Waals surface area contributed by atoms with Gasteiger partial charge in [0.25, 0.3) is 5.91 Å². The van der Waals surface area contributed by atoms with Gasteiger partial charge in [-0.15, -0.1) is 0 Å². The van der Waals surface area contributed by atoms with E-state index >= 15 is 0 Å². The van der Waals surface area contributed by atoms with Crippen molar-refractivity contribution in [3.63, 3.8) is 0 Å². The molecule has 0 saturated heterocycles. The van der Waals surface area contributed by atoms with E-state index in [0.29, 0.717) is 11.3 Å². The number of hydrogen-bond donors (Lipinski definition) is 1. The lowest BCUT2D eigenvalue weighted by molar-refractivity contribution is -0.135. The Morgan fingerprint density at radius 2 is 1.52 bits per heavy atom. The molecule has 2 aromatic carbocycles. The van der Waals surface area contributed by atoms with Crippen LogP contribution < -0.4 is 4.90 Å². The number of hydrogen-bond acceptors (Lipinski definition) is 2. The fraction of sp³-hybridized carbons (Fsp3) is 0.176. The highest BCUT2D eigenvalue weighted by molar-refractivity contribution is 6.09. The van der Waals surface area contributed by atoms with Crippen molar-refractivity contribution in [3.05, 3.63) is 65.2 Å². The minimum absolute atomic E-state index is 0.292. The van der Waals surface area contributed by atoms with E-state index in [4.69, 9.17) is 5.11 Å². The molecule has 0 aliphatic rings. The highest BCUT2D eigenvalue weighted by Crippen LogP contribution is 2.21. The first-order valence-electron chi connectivity index (χ1n) is 6.65. The average Bonchev–Trinajstić information content (AvgIpc) is 2.45. The van der Waals surface area contributed by atoms with Gasteiger partial charge in [0, 0.05) is 11.3 Å². The third-order valence-corrected chi connectivity index (χ3v) is 3.30. The van der Waals surface area contributed by atoms with Crippen LogP contribution in [0.1, 0.15) is 21.5 Å². The summed E-state index contributed by atoms with van der Waals surface area (Å²) in [7, 11) is 0. The molecule has 4 heteroatoms. The van der Waals surface area contributed by atoms with Crippen LogP contribution in [0.5, 0.6) is 0 Å². The van der Waals surface area contributed by atoms with Gasteiger partial charge in [-0.3, -0.25) is 14.5 Å². The van der Waals surface area contributed by atoms with Gasteiger partial charge in [-0.25, -0.2) is 0 Å². The molecule has 0 aromatic heterocycles. The Balaban J connectivity index is 2.46. The largest absolute Gasteiger partial charge is 0.480 e. The minimum atomic E-state index is -1.04. The van der Waals surface area contributed by atoms with Crippen LogP contribution in [0.4, 0.5) is 5.69 Å². The number of carboxylic acids is 1. The summed E-state index contributed by atoms with van der Waals surface area (Å²) >= 11 is 0. The number of nitrogens with zero attached hydrogens (tertiary/aromatic N) is 1. The third kappa shape index (κ3) is 3.28. The van der Waals surface area contributed by atoms with Gasteiger partial charge in [0.1, 0.15) is 6.54 Å². The van der Waals surface area contributed by atoms with E-state index < -0.39 is 5.97 Å². The van der Waals surface area contributed by atoms with Crippen LogP contribution in [0, 0.1) is 13.8 Å². The molecule has 21 heavy (non-hydrogen) atoms. The first kappa shape index (κ1) is 14.8. The van der Waals surface area contributed by atoms with Gasteiger partial charge in [0.05, 0.1) is 0 Å². The number of carboxylic acid groups (broad SMARTS) is 1. The predicted octanol–water partition coefficient (Wildman–Crippen LogP) is 3.03. The van der Waals surface area contributed by atoms with Crippen molar-refractivity contribution in [1.29, 1.82) is 0 Å². The van der Waals surface area contributed by atoms with Crippen LogP contribution in [0.15, 0.2) is 48.5 Å². The summed E-state index contributed by atoms with van der Waals surface area (Å²) in [5.74, 6) is -1.34. The minimum Gasteiger partial charge on any atom is -0.480 e. The van der Waals surface area contributed by atoms with Crippen molar-refractivity contribution in [2.75, 3.05) is 11.4 Å². The number of carbonyl (C=O) groups is 2. The molecule has 0 unspecified atom stereocenters. The van der Waals surface area contributed by atoms with Gasteiger partial charge >= 0.3 is 5.97 Å². The van der Waals surface area contributed by atoms with E-state index in [1.807, 2.05) is 38.1 Å². The maximum absolute atomic E-state index is 12.8. The summed E-state index contributed by atoms with van der Waals surface area (Å²) in [6.45, 7) is 3.34. The lowest BCUT2D eigenvalue weighted by Gasteiger charge is -2.22. The van der Waals surface area contributed by atoms with E-state index in [-0.39, 0.29) is 12.5 Å². The van der Waals surface area contributed by atoms with Gasteiger partial charge in [0.15, 0.2) is 0 Å². The molecule has 2 rings (SSSR count). The summed E-state index contributed by atoms with van der Waals surface area (Å²) in [5, 5.41) is 9.09. The normalized spacial score (nSPS) is 10.2. The van der Waals surface area contributed by atoms with Crippen molar-refractivity contribution in [2.24, 2.45) is 0 Å². The fourth-order valence-corrected chi connectivity index (χ4v) is 2.31. The van der Waals surface area contributed by atoms with E-state index in [2.05, 4.69) is 0 Å². The Hall–Kier alpha value is -2.62. The summed E-state index contributed by atoms with van der Waals surface area (Å²) < 4.78 is 0. The molecule has 0 saturated carbocycles. The number of aliphatic carboxylic acids is 1. The van der Waals surface area contributed by atoms with E-state index in [0.717, 1.165) is 11.1 Å². The van der Waals surface area contributed by atoms with Gasteiger partial charge in [-0.2, -0.15) is 0 Å². The lowest BCUT2D eigenvalue weighted by Crippen LogP contribution is -2.36. The first-order chi connectivity index (χ1) is 10.0. The van der Waals surface area contributed by atoms with Crippen molar-refractivity contribution < 1.29 is 14.7 Å². The molecule has 0 aliphatic heterocycles. The average molecular weight is 283 g/mol. The number of aryl methyl sites for hydroxylation is 2. The molecule has 0 fully saturated rings. The van der Waals surface area contributed by atoms with E-state index in [9.17, 15) is 9.59 Å². The van der Waals surface area contributed by atoms with Crippen LogP contribution in [0.25, 0.3) is 0 Å². The molecule has 0 bridgehead atoms. The summed E-state index contributed by atoms with van der Waals surface area (Å²) in [6, 6.07) is 14.4. The van der Waals surface area contributed by atoms with Crippen molar-refractivity contribution in [3.8, 4) is 0 Å². The number of carbonyl (C=O) groups excluding carboxylic acids is 1. The summed E-state index contributed by atoms with van der Waals surface area (Å²) in [6.07, 6.45) is 0. The van der Waals surface area contributed by atoms with Gasteiger partial charge in [-0.1, -0.05) is 36.4 Å². The molecule has 4 nitrogen and oxygen atoms in total. The Kier molecular flexibility index (Phi) is 4.38. The van der Waals surface area contributed by atoms with Crippen LogP contribution in [-0.4, -0.2) is 23.5 Å². The molecule has 2 aromatic rings. The molecule has 0 atom stereocenters. The molecule has 0 heterocycles. The monoisotopic (exact) mass is 283 g/mol. The molecular weight excluding hydrogens is 266 g/mol. The molecule has 0 aliphatic carbocycles. The Morgan fingerprint density at radius 1 is 0.952 bits per heavy atom. The van der Waals surface area contributed by atoms with Crippen molar-refractivity contribution in [1.82, 2.24) is 0 Å². The van der Waals surface area contributed by atoms with Gasteiger partial charge in [0.2, 0.25) is 0 Å². The standard InChI is InChI=1S/C17H17NO3/c1-12-7-6-8-13(2)16(12)17(21)18(11-15(19)20)14-9-4-3-5-10-14/h3-10H,11H2,1-2H3,(H,19,20). The maximum Gasteiger partial charge on any atom is 0.323 e. The van der Waals surface area contributed by atoms with Crippen LogP contribution in [-0.2, 0) is 4.79 Å². The second-order valence-electron chi connectivity index (χ2n) is 4.89. The number of benzene rings is 2.